The number of aryl methyl sites for hydroxylation is 2. The van der Waals surface area contributed by atoms with Crippen LogP contribution in [0.1, 0.15) is 49.9 Å². The molecule has 0 aliphatic heterocycles. The summed E-state index contributed by atoms with van der Waals surface area (Å²) in [5.74, 6) is 0. The Balaban J connectivity index is 2.18. The van der Waals surface area contributed by atoms with Gasteiger partial charge in [-0.2, -0.15) is 5.10 Å². The molecule has 1 aromatic rings. The lowest BCUT2D eigenvalue weighted by Crippen LogP contribution is -2.42. The molecule has 2 N–H and O–H groups in total. The highest BCUT2D eigenvalue weighted by atomic mass is 35.5. The van der Waals surface area contributed by atoms with Gasteiger partial charge in [0.2, 0.25) is 0 Å². The van der Waals surface area contributed by atoms with Gasteiger partial charge in [0, 0.05) is 19.0 Å². The van der Waals surface area contributed by atoms with Crippen LogP contribution in [0, 0.1) is 6.92 Å². The Morgan fingerprint density at radius 1 is 1.29 bits per heavy atom. The first-order chi connectivity index (χ1) is 8.02. The van der Waals surface area contributed by atoms with E-state index in [0.717, 1.165) is 35.7 Å². The number of rotatable bonds is 2. The normalized spacial score (nSPS) is 20.2. The van der Waals surface area contributed by atoms with Crippen molar-refractivity contribution in [1.29, 1.82) is 0 Å². The van der Waals surface area contributed by atoms with Gasteiger partial charge in [0.25, 0.3) is 0 Å². The van der Waals surface area contributed by atoms with E-state index in [-0.39, 0.29) is 5.54 Å². The molecule has 2 rings (SSSR count). The zero-order chi connectivity index (χ0) is 12.5. The average molecular weight is 256 g/mol. The summed E-state index contributed by atoms with van der Waals surface area (Å²) >= 11 is 6.30. The van der Waals surface area contributed by atoms with Gasteiger partial charge in [-0.1, -0.05) is 37.3 Å². The number of nitrogens with two attached hydrogens (primary N) is 1. The van der Waals surface area contributed by atoms with Crippen LogP contribution in [-0.4, -0.2) is 15.3 Å². The summed E-state index contributed by atoms with van der Waals surface area (Å²) in [7, 11) is 1.95. The van der Waals surface area contributed by atoms with E-state index in [1.54, 1.807) is 0 Å². The second-order valence-corrected chi connectivity index (χ2v) is 5.80. The minimum absolute atomic E-state index is 0.0830. The molecule has 1 aromatic heterocycles. The van der Waals surface area contributed by atoms with Crippen LogP contribution in [0.15, 0.2) is 0 Å². The van der Waals surface area contributed by atoms with Gasteiger partial charge in [-0.05, 0) is 19.8 Å². The number of nitrogens with zero attached hydrogens (tertiary/aromatic N) is 2. The molecular formula is C13H22ClN3. The van der Waals surface area contributed by atoms with Gasteiger partial charge in [0.15, 0.2) is 0 Å². The van der Waals surface area contributed by atoms with Crippen LogP contribution in [0.2, 0.25) is 5.02 Å². The largest absolute Gasteiger partial charge is 0.325 e. The molecule has 1 fully saturated rings. The Morgan fingerprint density at radius 2 is 1.88 bits per heavy atom. The topological polar surface area (TPSA) is 43.8 Å². The summed E-state index contributed by atoms with van der Waals surface area (Å²) < 4.78 is 1.89. The van der Waals surface area contributed by atoms with Crippen LogP contribution in [0.25, 0.3) is 0 Å². The molecule has 0 bridgehead atoms. The van der Waals surface area contributed by atoms with Crippen molar-refractivity contribution in [2.75, 3.05) is 0 Å². The van der Waals surface area contributed by atoms with Crippen LogP contribution < -0.4 is 5.73 Å². The molecular weight excluding hydrogens is 234 g/mol. The van der Waals surface area contributed by atoms with E-state index < -0.39 is 0 Å². The first-order valence-corrected chi connectivity index (χ1v) is 6.86. The molecule has 4 heteroatoms. The maximum absolute atomic E-state index is 6.54. The fourth-order valence-corrected chi connectivity index (χ4v) is 3.04. The minimum Gasteiger partial charge on any atom is -0.325 e. The van der Waals surface area contributed by atoms with Gasteiger partial charge >= 0.3 is 0 Å². The van der Waals surface area contributed by atoms with Gasteiger partial charge in [-0.25, -0.2) is 0 Å². The zero-order valence-corrected chi connectivity index (χ0v) is 11.6. The van der Waals surface area contributed by atoms with Crippen molar-refractivity contribution in [2.24, 2.45) is 12.8 Å². The molecule has 0 amide bonds. The number of aromatic nitrogens is 2. The maximum atomic E-state index is 6.54. The van der Waals surface area contributed by atoms with Crippen LogP contribution in [0.5, 0.6) is 0 Å². The second kappa shape index (κ2) is 4.99. The van der Waals surface area contributed by atoms with Crippen molar-refractivity contribution in [3.63, 3.8) is 0 Å². The molecule has 3 nitrogen and oxygen atoms in total. The summed E-state index contributed by atoms with van der Waals surface area (Å²) in [6.07, 6.45) is 8.17. The lowest BCUT2D eigenvalue weighted by atomic mass is 9.86. The Morgan fingerprint density at radius 3 is 2.35 bits per heavy atom. The number of halogens is 1. The van der Waals surface area contributed by atoms with Gasteiger partial charge in [0.1, 0.15) is 0 Å². The lowest BCUT2D eigenvalue weighted by molar-refractivity contribution is 0.361. The summed E-state index contributed by atoms with van der Waals surface area (Å²) in [5, 5.41) is 5.15. The Hall–Kier alpha value is -0.540. The standard InChI is InChI=1S/C13H22ClN3/c1-10-12(14)11(17(2)16-10)9-13(15)7-5-3-4-6-8-13/h3-9,15H2,1-2H3. The maximum Gasteiger partial charge on any atom is 0.0847 e. The highest BCUT2D eigenvalue weighted by Crippen LogP contribution is 2.31. The predicted molar refractivity (Wildman–Crippen MR) is 71.3 cm³/mol. The zero-order valence-electron chi connectivity index (χ0n) is 10.8. The molecule has 1 aliphatic rings. The molecule has 0 saturated heterocycles. The smallest absolute Gasteiger partial charge is 0.0847 e. The first-order valence-electron chi connectivity index (χ1n) is 6.49. The van der Waals surface area contributed by atoms with Crippen LogP contribution in [0.4, 0.5) is 0 Å². The third-order valence-corrected chi connectivity index (χ3v) is 4.37. The third-order valence-electron chi connectivity index (χ3n) is 3.88. The van der Waals surface area contributed by atoms with E-state index in [4.69, 9.17) is 17.3 Å². The third kappa shape index (κ3) is 2.83. The average Bonchev–Trinajstić information content (AvgIpc) is 2.48. The Bertz CT molecular complexity index is 390. The fraction of sp³-hybridized carbons (Fsp3) is 0.769. The summed E-state index contributed by atoms with van der Waals surface area (Å²) in [6, 6.07) is 0. The highest BCUT2D eigenvalue weighted by Gasteiger charge is 2.29. The van der Waals surface area contributed by atoms with Gasteiger partial charge in [-0.15, -0.1) is 0 Å². The molecule has 0 unspecified atom stereocenters. The molecule has 17 heavy (non-hydrogen) atoms. The summed E-state index contributed by atoms with van der Waals surface area (Å²) in [6.45, 7) is 1.95. The molecule has 0 atom stereocenters. The lowest BCUT2D eigenvalue weighted by Gasteiger charge is -2.28. The van der Waals surface area contributed by atoms with Crippen molar-refractivity contribution < 1.29 is 0 Å². The molecule has 0 spiro atoms. The molecule has 1 heterocycles. The fourth-order valence-electron chi connectivity index (χ4n) is 2.82. The monoisotopic (exact) mass is 255 g/mol. The van der Waals surface area contributed by atoms with E-state index in [1.807, 2.05) is 18.7 Å². The van der Waals surface area contributed by atoms with E-state index in [2.05, 4.69) is 5.10 Å². The molecule has 1 aliphatic carbocycles. The van der Waals surface area contributed by atoms with Gasteiger partial charge < -0.3 is 5.73 Å². The summed E-state index contributed by atoms with van der Waals surface area (Å²) in [4.78, 5) is 0. The van der Waals surface area contributed by atoms with E-state index in [9.17, 15) is 0 Å². The number of hydrogen-bond donors (Lipinski definition) is 1. The predicted octanol–water partition coefficient (Wildman–Crippen LogP) is 2.98. The van der Waals surface area contributed by atoms with Crippen molar-refractivity contribution in [3.05, 3.63) is 16.4 Å². The molecule has 0 radical (unpaired) electrons. The molecule has 96 valence electrons. The van der Waals surface area contributed by atoms with Gasteiger partial charge in [-0.3, -0.25) is 4.68 Å². The Labute approximate surface area is 108 Å². The van der Waals surface area contributed by atoms with E-state index in [0.29, 0.717) is 0 Å². The van der Waals surface area contributed by atoms with Crippen molar-refractivity contribution in [3.8, 4) is 0 Å². The van der Waals surface area contributed by atoms with Crippen molar-refractivity contribution >= 4 is 11.6 Å². The summed E-state index contributed by atoms with van der Waals surface area (Å²) in [5.41, 5.74) is 8.45. The SMILES string of the molecule is Cc1nn(C)c(CC2(N)CCCCCC2)c1Cl. The van der Waals surface area contributed by atoms with Crippen molar-refractivity contribution in [2.45, 2.75) is 57.4 Å². The quantitative estimate of drug-likeness (QED) is 0.826. The Kier molecular flexibility index (Phi) is 3.79. The second-order valence-electron chi connectivity index (χ2n) is 5.42. The first kappa shape index (κ1) is 12.9. The van der Waals surface area contributed by atoms with Crippen LogP contribution >= 0.6 is 11.6 Å². The molecule has 0 aromatic carbocycles. The van der Waals surface area contributed by atoms with Gasteiger partial charge in [0.05, 0.1) is 16.4 Å². The van der Waals surface area contributed by atoms with Crippen molar-refractivity contribution in [1.82, 2.24) is 9.78 Å². The number of hydrogen-bond acceptors (Lipinski definition) is 2. The molecule has 1 saturated carbocycles. The highest BCUT2D eigenvalue weighted by molar-refractivity contribution is 6.31. The van der Waals surface area contributed by atoms with E-state index in [1.165, 1.54) is 25.7 Å². The minimum atomic E-state index is -0.0830. The van der Waals surface area contributed by atoms with Crippen LogP contribution in [0.3, 0.4) is 0 Å². The van der Waals surface area contributed by atoms with E-state index >= 15 is 0 Å². The van der Waals surface area contributed by atoms with Crippen LogP contribution in [-0.2, 0) is 13.5 Å².